The second-order valence-corrected chi connectivity index (χ2v) is 9.63. The maximum absolute atomic E-state index is 12.7. The largest absolute Gasteiger partial charge is 0.493 e. The number of sulfonamides is 1. The van der Waals surface area contributed by atoms with Gasteiger partial charge in [-0.05, 0) is 38.0 Å². The van der Waals surface area contributed by atoms with Crippen LogP contribution in [0.4, 0.5) is 0 Å². The number of carbonyl (C=O) groups excluding carboxylic acids is 1. The van der Waals surface area contributed by atoms with Gasteiger partial charge in [-0.1, -0.05) is 15.9 Å². The van der Waals surface area contributed by atoms with Crippen LogP contribution in [0.15, 0.2) is 22.7 Å². The fourth-order valence-corrected chi connectivity index (χ4v) is 4.89. The molecule has 2 aliphatic rings. The van der Waals surface area contributed by atoms with Crippen LogP contribution in [0.2, 0.25) is 0 Å². The molecule has 0 bridgehead atoms. The van der Waals surface area contributed by atoms with E-state index in [0.717, 1.165) is 22.2 Å². The van der Waals surface area contributed by atoms with Crippen LogP contribution in [0, 0.1) is 5.92 Å². The Labute approximate surface area is 157 Å². The van der Waals surface area contributed by atoms with Crippen molar-refractivity contribution in [3.05, 3.63) is 28.2 Å². The van der Waals surface area contributed by atoms with Gasteiger partial charge in [0.05, 0.1) is 18.4 Å². The number of hydrogen-bond donors (Lipinski definition) is 1. The van der Waals surface area contributed by atoms with Crippen molar-refractivity contribution in [3.63, 3.8) is 0 Å². The van der Waals surface area contributed by atoms with Gasteiger partial charge in [0, 0.05) is 35.5 Å². The average molecular weight is 431 g/mol. The Balaban J connectivity index is 1.62. The van der Waals surface area contributed by atoms with Crippen molar-refractivity contribution in [1.82, 2.24) is 9.62 Å². The topological polar surface area (TPSA) is 75.7 Å². The highest BCUT2D eigenvalue weighted by molar-refractivity contribution is 9.10. The molecule has 1 unspecified atom stereocenters. The molecule has 138 valence electrons. The van der Waals surface area contributed by atoms with Crippen LogP contribution >= 0.6 is 15.9 Å². The Kier molecular flexibility index (Phi) is 5.70. The van der Waals surface area contributed by atoms with E-state index in [0.29, 0.717) is 32.5 Å². The summed E-state index contributed by atoms with van der Waals surface area (Å²) in [4.78, 5) is 12.7. The van der Waals surface area contributed by atoms with E-state index in [-0.39, 0.29) is 23.6 Å². The summed E-state index contributed by atoms with van der Waals surface area (Å²) in [7, 11) is -3.16. The van der Waals surface area contributed by atoms with Crippen LogP contribution < -0.4 is 10.1 Å². The lowest BCUT2D eigenvalue weighted by molar-refractivity contribution is -0.127. The standard InChI is InChI=1S/C17H23BrN2O4S/c1-2-25(22,23)20-8-5-12(6-9-20)17(21)19-15-7-10-24-16-4-3-13(18)11-14(15)16/h3-4,11-12,15H,2,5-10H2,1H3,(H,19,21). The summed E-state index contributed by atoms with van der Waals surface area (Å²) in [5, 5.41) is 3.13. The molecule has 2 aliphatic heterocycles. The zero-order valence-corrected chi connectivity index (χ0v) is 16.6. The molecule has 1 fully saturated rings. The van der Waals surface area contributed by atoms with Crippen LogP contribution in [-0.2, 0) is 14.8 Å². The van der Waals surface area contributed by atoms with E-state index in [1.807, 2.05) is 18.2 Å². The summed E-state index contributed by atoms with van der Waals surface area (Å²) in [6.07, 6.45) is 1.87. The predicted molar refractivity (Wildman–Crippen MR) is 98.9 cm³/mol. The Morgan fingerprint density at radius 1 is 1.32 bits per heavy atom. The highest BCUT2D eigenvalue weighted by atomic mass is 79.9. The first kappa shape index (κ1) is 18.7. The second kappa shape index (κ2) is 7.63. The van der Waals surface area contributed by atoms with E-state index in [9.17, 15) is 13.2 Å². The van der Waals surface area contributed by atoms with E-state index in [4.69, 9.17) is 4.74 Å². The molecule has 1 N–H and O–H groups in total. The number of benzene rings is 1. The van der Waals surface area contributed by atoms with Crippen molar-refractivity contribution in [3.8, 4) is 5.75 Å². The van der Waals surface area contributed by atoms with E-state index < -0.39 is 10.0 Å². The molecule has 1 aromatic rings. The first-order chi connectivity index (χ1) is 11.9. The SMILES string of the molecule is CCS(=O)(=O)N1CCC(C(=O)NC2CCOc3ccc(Br)cc32)CC1. The Hall–Kier alpha value is -1.12. The highest BCUT2D eigenvalue weighted by Gasteiger charge is 2.32. The molecular weight excluding hydrogens is 408 g/mol. The van der Waals surface area contributed by atoms with Crippen LogP contribution in [0.25, 0.3) is 0 Å². The maximum Gasteiger partial charge on any atom is 0.223 e. The molecule has 0 aromatic heterocycles. The Morgan fingerprint density at radius 3 is 2.72 bits per heavy atom. The zero-order valence-electron chi connectivity index (χ0n) is 14.2. The van der Waals surface area contributed by atoms with Gasteiger partial charge in [-0.25, -0.2) is 12.7 Å². The molecule has 0 radical (unpaired) electrons. The third kappa shape index (κ3) is 4.17. The number of ether oxygens (including phenoxy) is 1. The molecule has 1 saturated heterocycles. The van der Waals surface area contributed by atoms with E-state index in [1.54, 1.807) is 6.92 Å². The molecule has 1 atom stereocenters. The number of fused-ring (bicyclic) bond motifs is 1. The lowest BCUT2D eigenvalue weighted by Gasteiger charge is -2.32. The summed E-state index contributed by atoms with van der Waals surface area (Å²) in [5.74, 6) is 0.786. The van der Waals surface area contributed by atoms with E-state index in [1.165, 1.54) is 4.31 Å². The third-order valence-electron chi connectivity index (χ3n) is 4.91. The molecule has 6 nitrogen and oxygen atoms in total. The molecule has 8 heteroatoms. The van der Waals surface area contributed by atoms with Crippen LogP contribution in [0.1, 0.15) is 37.8 Å². The molecule has 25 heavy (non-hydrogen) atoms. The molecule has 0 aliphatic carbocycles. The van der Waals surface area contributed by atoms with Crippen LogP contribution in [0.5, 0.6) is 5.75 Å². The van der Waals surface area contributed by atoms with Gasteiger partial charge < -0.3 is 10.1 Å². The normalized spacial score (nSPS) is 22.1. The van der Waals surface area contributed by atoms with E-state index in [2.05, 4.69) is 21.2 Å². The number of amides is 1. The number of nitrogens with zero attached hydrogens (tertiary/aromatic N) is 1. The quantitative estimate of drug-likeness (QED) is 0.795. The van der Waals surface area contributed by atoms with Gasteiger partial charge in [0.15, 0.2) is 0 Å². The summed E-state index contributed by atoms with van der Waals surface area (Å²) in [6.45, 7) is 3.07. The first-order valence-electron chi connectivity index (χ1n) is 8.61. The van der Waals surface area contributed by atoms with Gasteiger partial charge in [-0.15, -0.1) is 0 Å². The van der Waals surface area contributed by atoms with Gasteiger partial charge in [0.2, 0.25) is 15.9 Å². The molecule has 0 spiro atoms. The summed E-state index contributed by atoms with van der Waals surface area (Å²) in [5.41, 5.74) is 0.986. The number of rotatable bonds is 4. The van der Waals surface area contributed by atoms with Crippen molar-refractivity contribution < 1.29 is 17.9 Å². The van der Waals surface area contributed by atoms with Crippen LogP contribution in [0.3, 0.4) is 0 Å². The van der Waals surface area contributed by atoms with Gasteiger partial charge in [0.1, 0.15) is 5.75 Å². The van der Waals surface area contributed by atoms with Crippen molar-refractivity contribution in [2.45, 2.75) is 32.2 Å². The molecule has 1 aromatic carbocycles. The van der Waals surface area contributed by atoms with Crippen molar-refractivity contribution in [1.29, 1.82) is 0 Å². The second-order valence-electron chi connectivity index (χ2n) is 6.45. The molecule has 0 saturated carbocycles. The summed E-state index contributed by atoms with van der Waals surface area (Å²) in [6, 6.07) is 5.75. The van der Waals surface area contributed by atoms with Gasteiger partial charge in [-0.3, -0.25) is 4.79 Å². The number of hydrogen-bond acceptors (Lipinski definition) is 4. The lowest BCUT2D eigenvalue weighted by Crippen LogP contribution is -2.44. The minimum Gasteiger partial charge on any atom is -0.493 e. The fourth-order valence-electron chi connectivity index (χ4n) is 3.38. The Bertz CT molecular complexity index is 745. The lowest BCUT2D eigenvalue weighted by atomic mass is 9.95. The summed E-state index contributed by atoms with van der Waals surface area (Å²) < 4.78 is 32.0. The molecular formula is C17H23BrN2O4S. The number of piperidine rings is 1. The number of carbonyl (C=O) groups is 1. The zero-order chi connectivity index (χ0) is 18.0. The third-order valence-corrected chi connectivity index (χ3v) is 7.29. The molecule has 3 rings (SSSR count). The molecule has 2 heterocycles. The monoisotopic (exact) mass is 430 g/mol. The van der Waals surface area contributed by atoms with Crippen molar-refractivity contribution in [2.75, 3.05) is 25.4 Å². The number of halogens is 1. The minimum absolute atomic E-state index is 0.00590. The number of nitrogens with one attached hydrogen (secondary N) is 1. The predicted octanol–water partition coefficient (Wildman–Crippen LogP) is 2.45. The van der Waals surface area contributed by atoms with Crippen molar-refractivity contribution >= 4 is 31.9 Å². The Morgan fingerprint density at radius 2 is 2.04 bits per heavy atom. The van der Waals surface area contributed by atoms with Gasteiger partial charge in [0.25, 0.3) is 0 Å². The first-order valence-corrected chi connectivity index (χ1v) is 11.0. The van der Waals surface area contributed by atoms with Crippen LogP contribution in [-0.4, -0.2) is 44.1 Å². The maximum atomic E-state index is 12.7. The minimum atomic E-state index is -3.16. The highest BCUT2D eigenvalue weighted by Crippen LogP contribution is 2.34. The van der Waals surface area contributed by atoms with Crippen molar-refractivity contribution in [2.24, 2.45) is 5.92 Å². The van der Waals surface area contributed by atoms with E-state index >= 15 is 0 Å². The van der Waals surface area contributed by atoms with Gasteiger partial charge >= 0.3 is 0 Å². The molecule has 1 amide bonds. The van der Waals surface area contributed by atoms with Gasteiger partial charge in [-0.2, -0.15) is 0 Å². The fraction of sp³-hybridized carbons (Fsp3) is 0.588. The summed E-state index contributed by atoms with van der Waals surface area (Å²) >= 11 is 3.46. The smallest absolute Gasteiger partial charge is 0.223 e. The average Bonchev–Trinajstić information content (AvgIpc) is 2.62.